The van der Waals surface area contributed by atoms with Gasteiger partial charge in [-0.1, -0.05) is 30.3 Å². The number of nitrogens with zero attached hydrogens (tertiary/aromatic N) is 2. The second-order valence-corrected chi connectivity index (χ2v) is 6.15. The summed E-state index contributed by atoms with van der Waals surface area (Å²) in [6, 6.07) is 14.4. The minimum Gasteiger partial charge on any atom is -0.496 e. The molecule has 0 aliphatic carbocycles. The molecule has 5 heteroatoms. The van der Waals surface area contributed by atoms with Crippen LogP contribution in [0.5, 0.6) is 5.75 Å². The van der Waals surface area contributed by atoms with Crippen LogP contribution in [0.2, 0.25) is 0 Å². The molecular weight excluding hydrogens is 316 g/mol. The summed E-state index contributed by atoms with van der Waals surface area (Å²) in [6.07, 6.45) is 0. The highest BCUT2D eigenvalue weighted by molar-refractivity contribution is 6.04. The minimum absolute atomic E-state index is 0.0659. The van der Waals surface area contributed by atoms with Gasteiger partial charge in [-0.05, 0) is 37.6 Å². The first-order valence-electron chi connectivity index (χ1n) is 8.35. The summed E-state index contributed by atoms with van der Waals surface area (Å²) >= 11 is 0. The van der Waals surface area contributed by atoms with Crippen molar-refractivity contribution in [3.05, 3.63) is 59.7 Å². The molecule has 0 N–H and O–H groups in total. The van der Waals surface area contributed by atoms with Gasteiger partial charge in [0, 0.05) is 18.8 Å². The zero-order valence-electron chi connectivity index (χ0n) is 14.7. The number of piperazine rings is 1. The quantitative estimate of drug-likeness (QED) is 0.865. The predicted molar refractivity (Wildman–Crippen MR) is 97.0 cm³/mol. The van der Waals surface area contributed by atoms with E-state index >= 15 is 0 Å². The van der Waals surface area contributed by atoms with E-state index < -0.39 is 6.04 Å². The molecule has 0 saturated carbocycles. The van der Waals surface area contributed by atoms with E-state index in [1.807, 2.05) is 37.3 Å². The molecule has 1 fully saturated rings. The van der Waals surface area contributed by atoms with Crippen molar-refractivity contribution < 1.29 is 14.3 Å². The molecule has 130 valence electrons. The van der Waals surface area contributed by atoms with Crippen molar-refractivity contribution in [3.63, 3.8) is 0 Å². The van der Waals surface area contributed by atoms with Crippen LogP contribution in [-0.4, -0.2) is 43.0 Å². The highest BCUT2D eigenvalue weighted by atomic mass is 16.5. The Labute approximate surface area is 147 Å². The normalized spacial score (nSPS) is 17.6. The average Bonchev–Trinajstić information content (AvgIpc) is 2.64. The summed E-state index contributed by atoms with van der Waals surface area (Å²) in [5.41, 5.74) is 2.44. The van der Waals surface area contributed by atoms with Crippen molar-refractivity contribution in [2.24, 2.45) is 0 Å². The van der Waals surface area contributed by atoms with Gasteiger partial charge < -0.3 is 14.5 Å². The molecule has 1 aliphatic rings. The number of carbonyl (C=O) groups excluding carboxylic acids is 2. The Morgan fingerprint density at radius 1 is 1.08 bits per heavy atom. The molecule has 1 saturated heterocycles. The lowest BCUT2D eigenvalue weighted by Gasteiger charge is -2.39. The van der Waals surface area contributed by atoms with Crippen molar-refractivity contribution in [2.45, 2.75) is 19.9 Å². The second-order valence-electron chi connectivity index (χ2n) is 6.15. The van der Waals surface area contributed by atoms with E-state index in [-0.39, 0.29) is 11.8 Å². The van der Waals surface area contributed by atoms with Gasteiger partial charge in [-0.2, -0.15) is 0 Å². The lowest BCUT2D eigenvalue weighted by molar-refractivity contribution is -0.124. The fourth-order valence-electron chi connectivity index (χ4n) is 3.23. The summed E-state index contributed by atoms with van der Waals surface area (Å²) in [5, 5.41) is 0. The van der Waals surface area contributed by atoms with Gasteiger partial charge in [-0.25, -0.2) is 0 Å². The molecule has 1 atom stereocenters. The summed E-state index contributed by atoms with van der Waals surface area (Å²) in [6.45, 7) is 4.73. The number of para-hydroxylation sites is 2. The molecule has 2 aromatic carbocycles. The maximum absolute atomic E-state index is 12.9. The second kappa shape index (κ2) is 6.97. The van der Waals surface area contributed by atoms with E-state index in [1.54, 1.807) is 34.9 Å². The summed E-state index contributed by atoms with van der Waals surface area (Å²) < 4.78 is 5.28. The van der Waals surface area contributed by atoms with Crippen molar-refractivity contribution in [2.75, 3.05) is 25.1 Å². The molecule has 2 aromatic rings. The van der Waals surface area contributed by atoms with E-state index in [9.17, 15) is 9.59 Å². The van der Waals surface area contributed by atoms with E-state index in [0.29, 0.717) is 24.4 Å². The average molecular weight is 338 g/mol. The van der Waals surface area contributed by atoms with E-state index in [1.165, 1.54) is 7.11 Å². The number of ether oxygens (including phenoxy) is 1. The third-order valence-corrected chi connectivity index (χ3v) is 4.66. The highest BCUT2D eigenvalue weighted by Gasteiger charge is 2.36. The Balaban J connectivity index is 1.85. The number of benzene rings is 2. The smallest absolute Gasteiger partial charge is 0.258 e. The van der Waals surface area contributed by atoms with Crippen LogP contribution in [0, 0.1) is 6.92 Å². The van der Waals surface area contributed by atoms with Crippen molar-refractivity contribution in [3.8, 4) is 5.75 Å². The van der Waals surface area contributed by atoms with Crippen LogP contribution in [0.25, 0.3) is 0 Å². The fourth-order valence-corrected chi connectivity index (χ4v) is 3.23. The maximum Gasteiger partial charge on any atom is 0.258 e. The third kappa shape index (κ3) is 3.09. The first-order chi connectivity index (χ1) is 12.0. The maximum atomic E-state index is 12.9. The third-order valence-electron chi connectivity index (χ3n) is 4.66. The SMILES string of the molecule is COc1ccccc1C(=O)N1CCN(c2ccccc2C)C(=O)C1C. The lowest BCUT2D eigenvalue weighted by atomic mass is 10.1. The molecule has 5 nitrogen and oxygen atoms in total. The number of methoxy groups -OCH3 is 1. The van der Waals surface area contributed by atoms with Crippen LogP contribution in [0.15, 0.2) is 48.5 Å². The molecule has 1 heterocycles. The molecule has 0 aromatic heterocycles. The zero-order chi connectivity index (χ0) is 18.0. The van der Waals surface area contributed by atoms with Gasteiger partial charge in [-0.3, -0.25) is 9.59 Å². The lowest BCUT2D eigenvalue weighted by Crippen LogP contribution is -2.58. The van der Waals surface area contributed by atoms with Crippen LogP contribution in [-0.2, 0) is 4.79 Å². The van der Waals surface area contributed by atoms with Crippen LogP contribution < -0.4 is 9.64 Å². The number of amides is 2. The fraction of sp³-hybridized carbons (Fsp3) is 0.300. The van der Waals surface area contributed by atoms with Crippen LogP contribution in [0.4, 0.5) is 5.69 Å². The monoisotopic (exact) mass is 338 g/mol. The Kier molecular flexibility index (Phi) is 4.74. The molecule has 0 radical (unpaired) electrons. The first kappa shape index (κ1) is 17.0. The molecule has 3 rings (SSSR count). The van der Waals surface area contributed by atoms with Crippen LogP contribution in [0.1, 0.15) is 22.8 Å². The number of hydrogen-bond acceptors (Lipinski definition) is 3. The first-order valence-corrected chi connectivity index (χ1v) is 8.35. The molecule has 25 heavy (non-hydrogen) atoms. The Bertz CT molecular complexity index is 803. The number of anilines is 1. The Morgan fingerprint density at radius 2 is 1.76 bits per heavy atom. The van der Waals surface area contributed by atoms with Crippen molar-refractivity contribution in [1.82, 2.24) is 4.90 Å². The van der Waals surface area contributed by atoms with Gasteiger partial charge in [0.25, 0.3) is 5.91 Å². The molecule has 0 bridgehead atoms. The number of hydrogen-bond donors (Lipinski definition) is 0. The molecular formula is C20H22N2O3. The summed E-state index contributed by atoms with van der Waals surface area (Å²) in [7, 11) is 1.54. The van der Waals surface area contributed by atoms with Gasteiger partial charge in [0.05, 0.1) is 12.7 Å². The van der Waals surface area contributed by atoms with E-state index in [2.05, 4.69) is 0 Å². The van der Waals surface area contributed by atoms with Crippen molar-refractivity contribution in [1.29, 1.82) is 0 Å². The van der Waals surface area contributed by atoms with Crippen LogP contribution >= 0.6 is 0 Å². The highest BCUT2D eigenvalue weighted by Crippen LogP contribution is 2.26. The van der Waals surface area contributed by atoms with Crippen molar-refractivity contribution >= 4 is 17.5 Å². The number of aryl methyl sites for hydroxylation is 1. The van der Waals surface area contributed by atoms with Gasteiger partial charge in [0.1, 0.15) is 11.8 Å². The van der Waals surface area contributed by atoms with Gasteiger partial charge in [-0.15, -0.1) is 0 Å². The minimum atomic E-state index is -0.522. The molecule has 1 aliphatic heterocycles. The topological polar surface area (TPSA) is 49.9 Å². The summed E-state index contributed by atoms with van der Waals surface area (Å²) in [4.78, 5) is 29.2. The van der Waals surface area contributed by atoms with Gasteiger partial charge in [0.15, 0.2) is 0 Å². The zero-order valence-corrected chi connectivity index (χ0v) is 14.7. The molecule has 0 spiro atoms. The van der Waals surface area contributed by atoms with E-state index in [0.717, 1.165) is 11.3 Å². The molecule has 2 amide bonds. The largest absolute Gasteiger partial charge is 0.496 e. The predicted octanol–water partition coefficient (Wildman–Crippen LogP) is 2.88. The standard InChI is InChI=1S/C20H22N2O3/c1-14-8-4-6-10-17(14)22-13-12-21(15(2)19(22)23)20(24)16-9-5-7-11-18(16)25-3/h4-11,15H,12-13H2,1-3H3. The Hall–Kier alpha value is -2.82. The van der Waals surface area contributed by atoms with Gasteiger partial charge >= 0.3 is 0 Å². The van der Waals surface area contributed by atoms with Crippen LogP contribution in [0.3, 0.4) is 0 Å². The number of rotatable bonds is 3. The Morgan fingerprint density at radius 3 is 2.48 bits per heavy atom. The van der Waals surface area contributed by atoms with Gasteiger partial charge in [0.2, 0.25) is 5.91 Å². The number of carbonyl (C=O) groups is 2. The molecule has 1 unspecified atom stereocenters. The van der Waals surface area contributed by atoms with E-state index in [4.69, 9.17) is 4.74 Å². The summed E-state index contributed by atoms with van der Waals surface area (Å²) in [5.74, 6) is 0.278.